The Morgan fingerprint density at radius 1 is 1.24 bits per heavy atom. The van der Waals surface area contributed by atoms with Crippen LogP contribution in [-0.4, -0.2) is 24.1 Å². The first-order valence-electron chi connectivity index (χ1n) is 7.88. The molecule has 0 aliphatic carbocycles. The van der Waals surface area contributed by atoms with Gasteiger partial charge in [0.2, 0.25) is 0 Å². The molecule has 3 rings (SSSR count). The Morgan fingerprint density at radius 2 is 2.08 bits per heavy atom. The number of thiazole rings is 1. The van der Waals surface area contributed by atoms with Gasteiger partial charge in [-0.05, 0) is 49.4 Å². The third-order valence-electron chi connectivity index (χ3n) is 3.77. The molecule has 0 bridgehead atoms. The number of hydrogen-bond donors (Lipinski definition) is 0. The third kappa shape index (κ3) is 4.14. The molecule has 0 aliphatic rings. The number of hydrogen-bond acceptors (Lipinski definition) is 6. The number of ketones is 1. The Labute approximate surface area is 155 Å². The second-order valence-corrected chi connectivity index (χ2v) is 7.42. The van der Waals surface area contributed by atoms with Gasteiger partial charge in [-0.1, -0.05) is 23.5 Å². The summed E-state index contributed by atoms with van der Waals surface area (Å²) in [5.74, 6) is 1.45. The minimum absolute atomic E-state index is 0.179. The van der Waals surface area contributed by atoms with E-state index in [9.17, 15) is 4.79 Å². The topological polar surface area (TPSA) is 48.4 Å². The van der Waals surface area contributed by atoms with Crippen LogP contribution in [0.3, 0.4) is 0 Å². The summed E-state index contributed by atoms with van der Waals surface area (Å²) in [7, 11) is 1.61. The zero-order valence-corrected chi connectivity index (χ0v) is 16.0. The van der Waals surface area contributed by atoms with Crippen molar-refractivity contribution in [2.75, 3.05) is 13.4 Å². The molecule has 4 nitrogen and oxygen atoms in total. The van der Waals surface area contributed by atoms with Crippen LogP contribution in [0, 0.1) is 0 Å². The van der Waals surface area contributed by atoms with Crippen molar-refractivity contribution >= 4 is 39.1 Å². The van der Waals surface area contributed by atoms with Crippen LogP contribution in [0.4, 0.5) is 0 Å². The predicted octanol–water partition coefficient (Wildman–Crippen LogP) is 5.34. The van der Waals surface area contributed by atoms with Gasteiger partial charge >= 0.3 is 0 Å². The molecule has 0 spiro atoms. The molecule has 0 saturated heterocycles. The molecule has 3 aromatic rings. The SMILES string of the molecule is COc1cc(CCC(C)=O)ccc1Oc1nc2c(SC)cccc2s1. The van der Waals surface area contributed by atoms with E-state index in [1.807, 2.05) is 36.6 Å². The number of carbonyl (C=O) groups excluding carboxylic acids is 1. The zero-order chi connectivity index (χ0) is 17.8. The Morgan fingerprint density at radius 3 is 2.80 bits per heavy atom. The van der Waals surface area contributed by atoms with Crippen LogP contribution in [-0.2, 0) is 11.2 Å². The zero-order valence-electron chi connectivity index (χ0n) is 14.4. The van der Waals surface area contributed by atoms with Crippen LogP contribution in [0.2, 0.25) is 0 Å². The molecule has 0 saturated carbocycles. The Balaban J connectivity index is 1.86. The summed E-state index contributed by atoms with van der Waals surface area (Å²) in [6.07, 6.45) is 3.26. The molecule has 0 aliphatic heterocycles. The molecular weight excluding hydrogens is 354 g/mol. The van der Waals surface area contributed by atoms with Gasteiger partial charge in [0.1, 0.15) is 5.78 Å². The molecular formula is C19H19NO3S2. The fourth-order valence-corrected chi connectivity index (χ4v) is 3.96. The van der Waals surface area contributed by atoms with E-state index in [-0.39, 0.29) is 5.78 Å². The number of fused-ring (bicyclic) bond motifs is 1. The van der Waals surface area contributed by atoms with Crippen molar-refractivity contribution in [3.8, 4) is 16.7 Å². The minimum atomic E-state index is 0.179. The molecule has 0 unspecified atom stereocenters. The van der Waals surface area contributed by atoms with Crippen LogP contribution in [0.25, 0.3) is 10.2 Å². The van der Waals surface area contributed by atoms with E-state index < -0.39 is 0 Å². The summed E-state index contributed by atoms with van der Waals surface area (Å²) in [5.41, 5.74) is 2.01. The maximum absolute atomic E-state index is 11.2. The molecule has 0 amide bonds. The van der Waals surface area contributed by atoms with Crippen molar-refractivity contribution < 1.29 is 14.3 Å². The lowest BCUT2D eigenvalue weighted by Crippen LogP contribution is -1.96. The minimum Gasteiger partial charge on any atom is -0.493 e. The summed E-state index contributed by atoms with van der Waals surface area (Å²) in [6, 6.07) is 11.9. The summed E-state index contributed by atoms with van der Waals surface area (Å²) in [4.78, 5) is 16.9. The molecule has 2 aromatic carbocycles. The standard InChI is InChI=1S/C19H19NO3S2/c1-12(21)7-8-13-9-10-14(15(11-13)22-2)23-19-20-18-16(24-3)5-4-6-17(18)25-19/h4-6,9-11H,7-8H2,1-3H3. The van der Waals surface area contributed by atoms with Gasteiger partial charge in [-0.15, -0.1) is 11.8 Å². The first-order valence-corrected chi connectivity index (χ1v) is 9.92. The van der Waals surface area contributed by atoms with E-state index in [2.05, 4.69) is 11.1 Å². The van der Waals surface area contributed by atoms with E-state index in [0.29, 0.717) is 29.5 Å². The smallest absolute Gasteiger partial charge is 0.280 e. The molecule has 0 atom stereocenters. The maximum atomic E-state index is 11.2. The molecule has 25 heavy (non-hydrogen) atoms. The van der Waals surface area contributed by atoms with E-state index in [0.717, 1.165) is 20.7 Å². The fourth-order valence-electron chi connectivity index (χ4n) is 2.48. The van der Waals surface area contributed by atoms with Crippen molar-refractivity contribution in [3.63, 3.8) is 0 Å². The summed E-state index contributed by atoms with van der Waals surface area (Å²) in [6.45, 7) is 1.60. The van der Waals surface area contributed by atoms with Crippen molar-refractivity contribution in [1.82, 2.24) is 4.98 Å². The monoisotopic (exact) mass is 373 g/mol. The second kappa shape index (κ2) is 7.89. The first-order chi connectivity index (χ1) is 12.1. The Bertz CT molecular complexity index is 905. The molecule has 0 fully saturated rings. The van der Waals surface area contributed by atoms with Crippen LogP contribution in [0.15, 0.2) is 41.3 Å². The fraction of sp³-hybridized carbons (Fsp3) is 0.263. The molecule has 0 N–H and O–H groups in total. The third-order valence-corrected chi connectivity index (χ3v) is 5.44. The molecule has 130 valence electrons. The number of nitrogens with zero attached hydrogens (tertiary/aromatic N) is 1. The average molecular weight is 373 g/mol. The predicted molar refractivity (Wildman–Crippen MR) is 103 cm³/mol. The summed E-state index contributed by atoms with van der Waals surface area (Å²) >= 11 is 3.18. The highest BCUT2D eigenvalue weighted by Gasteiger charge is 2.12. The first kappa shape index (κ1) is 17.8. The molecule has 6 heteroatoms. The maximum Gasteiger partial charge on any atom is 0.280 e. The number of rotatable bonds is 7. The van der Waals surface area contributed by atoms with Crippen molar-refractivity contribution in [1.29, 1.82) is 0 Å². The molecule has 1 aromatic heterocycles. The lowest BCUT2D eigenvalue weighted by molar-refractivity contribution is -0.116. The highest BCUT2D eigenvalue weighted by atomic mass is 32.2. The van der Waals surface area contributed by atoms with E-state index >= 15 is 0 Å². The number of aryl methyl sites for hydroxylation is 1. The number of Topliss-reactive ketones (excluding diaryl/α,β-unsaturated/α-hetero) is 1. The van der Waals surface area contributed by atoms with E-state index in [4.69, 9.17) is 9.47 Å². The van der Waals surface area contributed by atoms with Gasteiger partial charge in [-0.2, -0.15) is 0 Å². The van der Waals surface area contributed by atoms with Gasteiger partial charge < -0.3 is 14.3 Å². The summed E-state index contributed by atoms with van der Waals surface area (Å²) in [5, 5.41) is 0.589. The van der Waals surface area contributed by atoms with Crippen LogP contribution < -0.4 is 9.47 Å². The van der Waals surface area contributed by atoms with Crippen molar-refractivity contribution in [3.05, 3.63) is 42.0 Å². The van der Waals surface area contributed by atoms with Crippen molar-refractivity contribution in [2.24, 2.45) is 0 Å². The lowest BCUT2D eigenvalue weighted by atomic mass is 10.1. The van der Waals surface area contributed by atoms with Gasteiger partial charge in [0.15, 0.2) is 11.5 Å². The van der Waals surface area contributed by atoms with E-state index in [1.165, 1.54) is 11.3 Å². The van der Waals surface area contributed by atoms with Gasteiger partial charge in [-0.3, -0.25) is 0 Å². The van der Waals surface area contributed by atoms with Crippen LogP contribution >= 0.6 is 23.1 Å². The largest absolute Gasteiger partial charge is 0.493 e. The highest BCUT2D eigenvalue weighted by molar-refractivity contribution is 7.98. The number of ether oxygens (including phenoxy) is 2. The van der Waals surface area contributed by atoms with Gasteiger partial charge in [0, 0.05) is 11.3 Å². The quantitative estimate of drug-likeness (QED) is 0.523. The summed E-state index contributed by atoms with van der Waals surface area (Å²) < 4.78 is 12.5. The number of aromatic nitrogens is 1. The number of methoxy groups -OCH3 is 1. The second-order valence-electron chi connectivity index (χ2n) is 5.58. The lowest BCUT2D eigenvalue weighted by Gasteiger charge is -2.10. The number of benzene rings is 2. The number of carbonyl (C=O) groups is 1. The van der Waals surface area contributed by atoms with Crippen LogP contribution in [0.1, 0.15) is 18.9 Å². The average Bonchev–Trinajstić information content (AvgIpc) is 3.03. The Hall–Kier alpha value is -2.05. The normalized spacial score (nSPS) is 10.8. The highest BCUT2D eigenvalue weighted by Crippen LogP contribution is 2.38. The molecule has 1 heterocycles. The Kier molecular flexibility index (Phi) is 5.60. The van der Waals surface area contributed by atoms with Gasteiger partial charge in [0.05, 0.1) is 17.3 Å². The van der Waals surface area contributed by atoms with Gasteiger partial charge in [-0.25, -0.2) is 4.98 Å². The number of para-hydroxylation sites is 1. The van der Waals surface area contributed by atoms with Crippen molar-refractivity contribution in [2.45, 2.75) is 24.7 Å². The van der Waals surface area contributed by atoms with E-state index in [1.54, 1.807) is 25.8 Å². The van der Waals surface area contributed by atoms with Crippen LogP contribution in [0.5, 0.6) is 16.7 Å². The van der Waals surface area contributed by atoms with Gasteiger partial charge in [0.25, 0.3) is 5.19 Å². The molecule has 0 radical (unpaired) electrons. The number of thioether (sulfide) groups is 1.